The summed E-state index contributed by atoms with van der Waals surface area (Å²) in [7, 11) is 3.00. The van der Waals surface area contributed by atoms with Crippen molar-refractivity contribution in [1.29, 1.82) is 0 Å². The highest BCUT2D eigenvalue weighted by molar-refractivity contribution is 5.86. The SMILES string of the molecule is COC(=O)c1ccc(C(O)c2cc(C)nn2C)o1. The molecule has 2 rings (SSSR count). The topological polar surface area (TPSA) is 77.5 Å². The highest BCUT2D eigenvalue weighted by Crippen LogP contribution is 2.24. The summed E-state index contributed by atoms with van der Waals surface area (Å²) in [6.45, 7) is 1.83. The van der Waals surface area contributed by atoms with Gasteiger partial charge in [0.15, 0.2) is 6.10 Å². The number of methoxy groups -OCH3 is 1. The molecule has 0 spiro atoms. The van der Waals surface area contributed by atoms with Gasteiger partial charge in [0.05, 0.1) is 18.5 Å². The van der Waals surface area contributed by atoms with Crippen molar-refractivity contribution in [2.24, 2.45) is 7.05 Å². The van der Waals surface area contributed by atoms with Crippen LogP contribution in [0, 0.1) is 6.92 Å². The summed E-state index contributed by atoms with van der Waals surface area (Å²) in [6, 6.07) is 4.76. The molecule has 2 heterocycles. The van der Waals surface area contributed by atoms with Gasteiger partial charge in [0.1, 0.15) is 5.76 Å². The van der Waals surface area contributed by atoms with Crippen LogP contribution in [0.25, 0.3) is 0 Å². The predicted octanol–water partition coefficient (Wildman–Crippen LogP) is 1.19. The minimum atomic E-state index is -0.963. The molecule has 2 aromatic heterocycles. The minimum absolute atomic E-state index is 0.0606. The lowest BCUT2D eigenvalue weighted by Gasteiger charge is -2.07. The zero-order valence-corrected chi connectivity index (χ0v) is 10.4. The molecule has 96 valence electrons. The molecule has 0 fully saturated rings. The molecule has 0 aliphatic heterocycles. The van der Waals surface area contributed by atoms with Crippen molar-refractivity contribution in [3.05, 3.63) is 41.1 Å². The zero-order chi connectivity index (χ0) is 13.3. The maximum absolute atomic E-state index is 11.2. The van der Waals surface area contributed by atoms with Crippen LogP contribution in [-0.4, -0.2) is 28.0 Å². The fraction of sp³-hybridized carbons (Fsp3) is 0.333. The van der Waals surface area contributed by atoms with Gasteiger partial charge in [-0.3, -0.25) is 4.68 Å². The van der Waals surface area contributed by atoms with Crippen LogP contribution in [0.2, 0.25) is 0 Å². The quantitative estimate of drug-likeness (QED) is 0.828. The van der Waals surface area contributed by atoms with Crippen LogP contribution in [0.3, 0.4) is 0 Å². The number of aliphatic hydroxyl groups is 1. The number of hydrogen-bond acceptors (Lipinski definition) is 5. The van der Waals surface area contributed by atoms with Crippen LogP contribution in [-0.2, 0) is 11.8 Å². The lowest BCUT2D eigenvalue weighted by Crippen LogP contribution is -2.06. The van der Waals surface area contributed by atoms with E-state index in [1.165, 1.54) is 13.2 Å². The lowest BCUT2D eigenvalue weighted by atomic mass is 10.2. The highest BCUT2D eigenvalue weighted by atomic mass is 16.5. The number of esters is 1. The van der Waals surface area contributed by atoms with Crippen molar-refractivity contribution in [3.63, 3.8) is 0 Å². The van der Waals surface area contributed by atoms with Crippen molar-refractivity contribution < 1.29 is 19.1 Å². The number of nitrogens with zero attached hydrogens (tertiary/aromatic N) is 2. The van der Waals surface area contributed by atoms with E-state index in [0.717, 1.165) is 5.69 Å². The van der Waals surface area contributed by atoms with Crippen LogP contribution in [0.1, 0.15) is 33.8 Å². The number of aliphatic hydroxyl groups excluding tert-OH is 1. The summed E-state index contributed by atoms with van der Waals surface area (Å²) in [5, 5.41) is 14.3. The van der Waals surface area contributed by atoms with Gasteiger partial charge in [0, 0.05) is 7.05 Å². The third-order valence-corrected chi connectivity index (χ3v) is 2.60. The Morgan fingerprint density at radius 1 is 1.56 bits per heavy atom. The van der Waals surface area contributed by atoms with Crippen LogP contribution in [0.15, 0.2) is 22.6 Å². The first-order chi connectivity index (χ1) is 8.52. The smallest absolute Gasteiger partial charge is 0.373 e. The molecule has 0 saturated heterocycles. The van der Waals surface area contributed by atoms with Gasteiger partial charge < -0.3 is 14.3 Å². The Morgan fingerprint density at radius 3 is 2.83 bits per heavy atom. The van der Waals surface area contributed by atoms with Crippen molar-refractivity contribution in [1.82, 2.24) is 9.78 Å². The first kappa shape index (κ1) is 12.4. The second-order valence-electron chi connectivity index (χ2n) is 3.93. The molecule has 0 amide bonds. The molecular formula is C12H14N2O4. The second kappa shape index (κ2) is 4.66. The Labute approximate surface area is 104 Å². The van der Waals surface area contributed by atoms with E-state index in [1.807, 2.05) is 6.92 Å². The summed E-state index contributed by atoms with van der Waals surface area (Å²) in [5.41, 5.74) is 1.39. The molecule has 1 unspecified atom stereocenters. The molecule has 1 N–H and O–H groups in total. The third-order valence-electron chi connectivity index (χ3n) is 2.60. The van der Waals surface area contributed by atoms with Crippen LogP contribution in [0.5, 0.6) is 0 Å². The average Bonchev–Trinajstić information content (AvgIpc) is 2.94. The van der Waals surface area contributed by atoms with E-state index in [0.29, 0.717) is 5.69 Å². The Kier molecular flexibility index (Phi) is 3.20. The number of rotatable bonds is 3. The number of furan rings is 1. The molecule has 0 saturated carbocycles. The molecule has 6 nitrogen and oxygen atoms in total. The molecule has 0 aliphatic carbocycles. The molecule has 1 atom stereocenters. The van der Waals surface area contributed by atoms with Gasteiger partial charge in [-0.05, 0) is 25.1 Å². The number of aryl methyl sites for hydroxylation is 2. The lowest BCUT2D eigenvalue weighted by molar-refractivity contribution is 0.0557. The number of aromatic nitrogens is 2. The van der Waals surface area contributed by atoms with Gasteiger partial charge in [0.25, 0.3) is 0 Å². The van der Waals surface area contributed by atoms with Crippen LogP contribution < -0.4 is 0 Å². The summed E-state index contributed by atoms with van der Waals surface area (Å²) in [5.74, 6) is -0.238. The zero-order valence-electron chi connectivity index (χ0n) is 10.4. The third kappa shape index (κ3) is 2.14. The normalized spacial score (nSPS) is 12.4. The van der Waals surface area contributed by atoms with Gasteiger partial charge in [0.2, 0.25) is 5.76 Å². The van der Waals surface area contributed by atoms with Gasteiger partial charge in [-0.2, -0.15) is 5.10 Å². The molecule has 18 heavy (non-hydrogen) atoms. The molecule has 6 heteroatoms. The maximum Gasteiger partial charge on any atom is 0.373 e. The Morgan fingerprint density at radius 2 is 2.28 bits per heavy atom. The first-order valence-electron chi connectivity index (χ1n) is 5.39. The second-order valence-corrected chi connectivity index (χ2v) is 3.93. The summed E-state index contributed by atoms with van der Waals surface area (Å²) in [6.07, 6.45) is -0.963. The average molecular weight is 250 g/mol. The highest BCUT2D eigenvalue weighted by Gasteiger charge is 2.20. The van der Waals surface area contributed by atoms with E-state index >= 15 is 0 Å². The Balaban J connectivity index is 2.29. The van der Waals surface area contributed by atoms with Crippen molar-refractivity contribution in [3.8, 4) is 0 Å². The molecule has 0 aliphatic rings. The maximum atomic E-state index is 11.2. The number of carbonyl (C=O) groups is 1. The number of carbonyl (C=O) groups excluding carboxylic acids is 1. The van der Waals surface area contributed by atoms with Gasteiger partial charge in [-0.15, -0.1) is 0 Å². The van der Waals surface area contributed by atoms with Gasteiger partial charge >= 0.3 is 5.97 Å². The largest absolute Gasteiger partial charge is 0.463 e. The van der Waals surface area contributed by atoms with E-state index in [-0.39, 0.29) is 11.5 Å². The van der Waals surface area contributed by atoms with E-state index < -0.39 is 12.1 Å². The number of ether oxygens (including phenoxy) is 1. The summed E-state index contributed by atoms with van der Waals surface area (Å²) >= 11 is 0. The van der Waals surface area contributed by atoms with E-state index in [2.05, 4.69) is 9.84 Å². The Bertz CT molecular complexity index is 570. The Hall–Kier alpha value is -2.08. The molecule has 0 bridgehead atoms. The van der Waals surface area contributed by atoms with E-state index in [1.54, 1.807) is 23.9 Å². The van der Waals surface area contributed by atoms with E-state index in [9.17, 15) is 9.90 Å². The monoisotopic (exact) mass is 250 g/mol. The van der Waals surface area contributed by atoms with Gasteiger partial charge in [-0.1, -0.05) is 0 Å². The molecule has 0 aromatic carbocycles. The minimum Gasteiger partial charge on any atom is -0.463 e. The van der Waals surface area contributed by atoms with Crippen molar-refractivity contribution in [2.45, 2.75) is 13.0 Å². The van der Waals surface area contributed by atoms with Crippen molar-refractivity contribution in [2.75, 3.05) is 7.11 Å². The van der Waals surface area contributed by atoms with Crippen LogP contribution >= 0.6 is 0 Å². The van der Waals surface area contributed by atoms with Crippen molar-refractivity contribution >= 4 is 5.97 Å². The van der Waals surface area contributed by atoms with E-state index in [4.69, 9.17) is 4.42 Å². The predicted molar refractivity (Wildman–Crippen MR) is 62.1 cm³/mol. The fourth-order valence-electron chi connectivity index (χ4n) is 1.74. The number of hydrogen-bond donors (Lipinski definition) is 1. The molecule has 2 aromatic rings. The first-order valence-corrected chi connectivity index (χ1v) is 5.39. The van der Waals surface area contributed by atoms with Gasteiger partial charge in [-0.25, -0.2) is 4.79 Å². The van der Waals surface area contributed by atoms with Crippen LogP contribution in [0.4, 0.5) is 0 Å². The summed E-state index contributed by atoms with van der Waals surface area (Å²) in [4.78, 5) is 11.2. The standard InChI is InChI=1S/C12H14N2O4/c1-7-6-8(14(2)13-7)11(15)9-4-5-10(18-9)12(16)17-3/h4-6,11,15H,1-3H3. The fourth-order valence-corrected chi connectivity index (χ4v) is 1.74. The molecule has 0 radical (unpaired) electrons. The molecular weight excluding hydrogens is 236 g/mol. The summed E-state index contributed by atoms with van der Waals surface area (Å²) < 4.78 is 11.4.